The van der Waals surface area contributed by atoms with Gasteiger partial charge >= 0.3 is 0 Å². The van der Waals surface area contributed by atoms with E-state index in [9.17, 15) is 9.00 Å². The number of primary amides is 1. The summed E-state index contributed by atoms with van der Waals surface area (Å²) in [6.45, 7) is 3.04. The van der Waals surface area contributed by atoms with Crippen LogP contribution in [0.15, 0.2) is 47.4 Å². The molecule has 2 heterocycles. The molecule has 3 N–H and O–H groups in total. The molecule has 1 unspecified atom stereocenters. The highest BCUT2D eigenvalue weighted by Crippen LogP contribution is 2.41. The number of carbonyl (C=O) groups excluding carboxylic acids is 1. The van der Waals surface area contributed by atoms with Gasteiger partial charge in [0.15, 0.2) is 0 Å². The SMILES string of the molecule is CC1(c2nc3c(C(N)=O)cccc3[nH]2)CCCN1c1cccc([SH](C)(C)=O)c1. The van der Waals surface area contributed by atoms with E-state index >= 15 is 0 Å². The number of imidazole rings is 1. The maximum absolute atomic E-state index is 12.6. The zero-order valence-electron chi connectivity index (χ0n) is 16.4. The Balaban J connectivity index is 1.81. The average Bonchev–Trinajstić information content (AvgIpc) is 3.25. The van der Waals surface area contributed by atoms with Gasteiger partial charge in [0, 0.05) is 17.1 Å². The maximum Gasteiger partial charge on any atom is 0.250 e. The van der Waals surface area contributed by atoms with Crippen molar-refractivity contribution in [2.75, 3.05) is 24.0 Å². The monoisotopic (exact) mass is 398 g/mol. The topological polar surface area (TPSA) is 92.1 Å². The van der Waals surface area contributed by atoms with Crippen molar-refractivity contribution in [3.05, 3.63) is 53.9 Å². The summed E-state index contributed by atoms with van der Waals surface area (Å²) in [7, 11) is -2.34. The summed E-state index contributed by atoms with van der Waals surface area (Å²) in [5.74, 6) is 0.335. The predicted octanol–water partition coefficient (Wildman–Crippen LogP) is 2.81. The number of nitrogens with zero attached hydrogens (tertiary/aromatic N) is 2. The van der Waals surface area contributed by atoms with E-state index in [-0.39, 0.29) is 5.54 Å². The Morgan fingerprint density at radius 1 is 1.25 bits per heavy atom. The number of benzene rings is 2. The first-order valence-electron chi connectivity index (χ1n) is 9.42. The van der Waals surface area contributed by atoms with E-state index in [1.54, 1.807) is 18.6 Å². The lowest BCUT2D eigenvalue weighted by atomic mass is 9.97. The molecule has 1 aliphatic rings. The molecule has 2 aromatic carbocycles. The molecule has 0 aliphatic carbocycles. The predicted molar refractivity (Wildman–Crippen MR) is 115 cm³/mol. The molecular formula is C21H26N4O2S. The molecule has 4 rings (SSSR count). The number of para-hydroxylation sites is 1. The highest BCUT2D eigenvalue weighted by atomic mass is 32.2. The summed E-state index contributed by atoms with van der Waals surface area (Å²) in [5.41, 5.74) is 8.05. The Kier molecular flexibility index (Phi) is 4.30. The number of hydrogen-bond acceptors (Lipinski definition) is 4. The lowest BCUT2D eigenvalue weighted by molar-refractivity contribution is 0.100. The lowest BCUT2D eigenvalue weighted by Gasteiger charge is -2.36. The van der Waals surface area contributed by atoms with Crippen molar-refractivity contribution in [2.45, 2.75) is 30.2 Å². The number of hydrogen-bond donors (Lipinski definition) is 3. The molecule has 0 saturated carbocycles. The van der Waals surface area contributed by atoms with E-state index in [1.165, 1.54) is 0 Å². The van der Waals surface area contributed by atoms with E-state index in [1.807, 2.05) is 30.3 Å². The van der Waals surface area contributed by atoms with Gasteiger partial charge in [-0.3, -0.25) is 9.00 Å². The number of H-pyrrole nitrogens is 1. The molecule has 6 nitrogen and oxygen atoms in total. The summed E-state index contributed by atoms with van der Waals surface area (Å²) < 4.78 is 12.6. The second-order valence-corrected chi connectivity index (χ2v) is 11.3. The van der Waals surface area contributed by atoms with Crippen LogP contribution in [0.4, 0.5) is 5.69 Å². The van der Waals surface area contributed by atoms with E-state index in [2.05, 4.69) is 22.9 Å². The third-order valence-electron chi connectivity index (χ3n) is 5.69. The van der Waals surface area contributed by atoms with Gasteiger partial charge in [-0.05, 0) is 62.6 Å². The maximum atomic E-state index is 12.6. The van der Waals surface area contributed by atoms with Crippen LogP contribution in [0, 0.1) is 0 Å². The van der Waals surface area contributed by atoms with Gasteiger partial charge in [0.25, 0.3) is 5.91 Å². The van der Waals surface area contributed by atoms with Gasteiger partial charge in [-0.1, -0.05) is 22.1 Å². The normalized spacial score (nSPS) is 20.6. The van der Waals surface area contributed by atoms with Crippen LogP contribution in [0.3, 0.4) is 0 Å². The minimum Gasteiger partial charge on any atom is -0.366 e. The zero-order chi connectivity index (χ0) is 20.1. The molecule has 1 aliphatic heterocycles. The fraction of sp³-hybridized carbons (Fsp3) is 0.333. The number of nitrogens with one attached hydrogen (secondary N) is 1. The Labute approximate surface area is 165 Å². The van der Waals surface area contributed by atoms with Crippen molar-refractivity contribution >= 4 is 32.6 Å². The van der Waals surface area contributed by atoms with Crippen molar-refractivity contribution in [3.63, 3.8) is 0 Å². The number of thiol groups is 1. The van der Waals surface area contributed by atoms with Gasteiger partial charge in [0.05, 0.1) is 16.6 Å². The molecule has 0 radical (unpaired) electrons. The van der Waals surface area contributed by atoms with Crippen LogP contribution in [-0.2, 0) is 15.5 Å². The summed E-state index contributed by atoms with van der Waals surface area (Å²) in [6.07, 6.45) is 5.54. The fourth-order valence-corrected chi connectivity index (χ4v) is 4.99. The van der Waals surface area contributed by atoms with Gasteiger partial charge in [-0.25, -0.2) is 4.98 Å². The average molecular weight is 399 g/mol. The molecule has 1 saturated heterocycles. The Hall–Kier alpha value is -2.67. The van der Waals surface area contributed by atoms with Crippen LogP contribution in [0.5, 0.6) is 0 Å². The third kappa shape index (κ3) is 2.99. The van der Waals surface area contributed by atoms with Crippen molar-refractivity contribution in [2.24, 2.45) is 5.73 Å². The molecule has 148 valence electrons. The molecule has 0 bridgehead atoms. The van der Waals surface area contributed by atoms with Gasteiger partial charge in [0.1, 0.15) is 11.3 Å². The van der Waals surface area contributed by atoms with Gasteiger partial charge in [0.2, 0.25) is 0 Å². The van der Waals surface area contributed by atoms with Crippen molar-refractivity contribution in [1.29, 1.82) is 0 Å². The van der Waals surface area contributed by atoms with Crippen LogP contribution in [-0.4, -0.2) is 39.1 Å². The molecule has 1 atom stereocenters. The molecule has 1 aromatic heterocycles. The van der Waals surface area contributed by atoms with Crippen LogP contribution in [0.1, 0.15) is 35.9 Å². The summed E-state index contributed by atoms with van der Waals surface area (Å²) in [4.78, 5) is 23.1. The van der Waals surface area contributed by atoms with Crippen molar-refractivity contribution < 1.29 is 9.00 Å². The summed E-state index contributed by atoms with van der Waals surface area (Å²) in [6, 6.07) is 13.4. The number of fused-ring (bicyclic) bond motifs is 1. The standard InChI is InChI=1S/C21H26N4O2S/c1-21(20-23-17-10-5-9-16(19(22)26)18(17)24-20)11-6-12-25(21)14-7-4-8-15(13-14)28(2,3)27/h4-5,7-10,13,28H,6,11-12H2,1-3H3,(H2,22,26)(H,23,24). The minimum atomic E-state index is -2.34. The number of rotatable bonds is 4. The molecule has 28 heavy (non-hydrogen) atoms. The minimum absolute atomic E-state index is 0.349. The highest BCUT2D eigenvalue weighted by Gasteiger charge is 2.41. The van der Waals surface area contributed by atoms with Crippen LogP contribution in [0.25, 0.3) is 11.0 Å². The van der Waals surface area contributed by atoms with E-state index < -0.39 is 15.8 Å². The highest BCUT2D eigenvalue weighted by molar-refractivity contribution is 8.01. The molecule has 1 amide bonds. The first-order chi connectivity index (χ1) is 13.2. The van der Waals surface area contributed by atoms with E-state index in [4.69, 9.17) is 10.7 Å². The lowest BCUT2D eigenvalue weighted by Crippen LogP contribution is -2.39. The molecule has 7 heteroatoms. The van der Waals surface area contributed by atoms with Crippen molar-refractivity contribution in [1.82, 2.24) is 9.97 Å². The van der Waals surface area contributed by atoms with Crippen LogP contribution in [0.2, 0.25) is 0 Å². The smallest absolute Gasteiger partial charge is 0.250 e. The molecule has 1 fully saturated rings. The molecule has 0 spiro atoms. The second-order valence-electron chi connectivity index (χ2n) is 8.05. The second kappa shape index (κ2) is 6.44. The summed E-state index contributed by atoms with van der Waals surface area (Å²) in [5, 5.41) is 0. The number of aromatic amines is 1. The first-order valence-corrected chi connectivity index (χ1v) is 12.0. The van der Waals surface area contributed by atoms with Gasteiger partial charge < -0.3 is 15.6 Å². The van der Waals surface area contributed by atoms with Gasteiger partial charge in [-0.15, -0.1) is 0 Å². The fourth-order valence-electron chi connectivity index (χ4n) is 4.11. The summed E-state index contributed by atoms with van der Waals surface area (Å²) >= 11 is 0. The Bertz CT molecular complexity index is 1120. The quantitative estimate of drug-likeness (QED) is 0.589. The number of nitrogens with two attached hydrogens (primary N) is 1. The number of anilines is 1. The molecular weight excluding hydrogens is 372 g/mol. The number of amides is 1. The van der Waals surface area contributed by atoms with Crippen molar-refractivity contribution in [3.8, 4) is 0 Å². The Morgan fingerprint density at radius 3 is 2.71 bits per heavy atom. The first kappa shape index (κ1) is 18.7. The van der Waals surface area contributed by atoms with E-state index in [0.29, 0.717) is 11.1 Å². The number of aromatic nitrogens is 2. The Morgan fingerprint density at radius 2 is 2.00 bits per heavy atom. The largest absolute Gasteiger partial charge is 0.366 e. The van der Waals surface area contributed by atoms with Gasteiger partial charge in [-0.2, -0.15) is 0 Å². The van der Waals surface area contributed by atoms with E-state index in [0.717, 1.165) is 41.3 Å². The van der Waals surface area contributed by atoms with Crippen LogP contribution < -0.4 is 10.6 Å². The number of carbonyl (C=O) groups is 1. The zero-order valence-corrected chi connectivity index (χ0v) is 17.3. The van der Waals surface area contributed by atoms with Crippen LogP contribution >= 0.6 is 0 Å². The third-order valence-corrected chi connectivity index (χ3v) is 7.21. The molecule has 3 aromatic rings.